The summed E-state index contributed by atoms with van der Waals surface area (Å²) in [6.07, 6.45) is 6.53. The van der Waals surface area contributed by atoms with Crippen LogP contribution >= 0.6 is 0 Å². The van der Waals surface area contributed by atoms with E-state index >= 15 is 0 Å². The molecule has 0 unspecified atom stereocenters. The Hall–Kier alpha value is -4.79. The maximum atomic E-state index is 13.9. The molecule has 6 N–H and O–H groups in total. The monoisotopic (exact) mass is 678 g/mol. The summed E-state index contributed by atoms with van der Waals surface area (Å²) >= 11 is 0. The molecule has 6 amide bonds. The lowest BCUT2D eigenvalue weighted by molar-refractivity contribution is -0.143. The summed E-state index contributed by atoms with van der Waals surface area (Å²) in [7, 11) is 0. The molecule has 3 fully saturated rings. The predicted molar refractivity (Wildman–Crippen MR) is 176 cm³/mol. The highest BCUT2D eigenvalue weighted by atomic mass is 16.3. The van der Waals surface area contributed by atoms with E-state index in [0.29, 0.717) is 24.9 Å². The standard InChI is InChI=1S/C34H46N8O7/c1-20(2)13-25-30(46)40-26(17-43)32(48)42-16-23(37-33(49)34(9-10-34)18-41-12-11-35-19-41)14-27(42)31(47)36-21(3)29(45)39-24(15-28(44)38-25)22-7-5-4-6-8-22/h4-8,11-12,19-21,23-27,43H,9-10,13-18H2,1-3H3,(H,36,47)(H,37,49)(H,38,44)(H,39,45)(H,40,46)/t21-,23-,24-,25-,26-,27-/m0/s1. The van der Waals surface area contributed by atoms with E-state index < -0.39 is 77.8 Å². The Balaban J connectivity index is 1.41. The van der Waals surface area contributed by atoms with Crippen LogP contribution in [0.15, 0.2) is 49.1 Å². The molecular weight excluding hydrogens is 632 g/mol. The van der Waals surface area contributed by atoms with Crippen LogP contribution in [0.5, 0.6) is 0 Å². The van der Waals surface area contributed by atoms with Crippen LogP contribution < -0.4 is 26.6 Å². The molecule has 0 bridgehead atoms. The minimum absolute atomic E-state index is 0.0186. The second-order valence-corrected chi connectivity index (χ2v) is 13.8. The Morgan fingerprint density at radius 1 is 1.00 bits per heavy atom. The molecule has 2 saturated heterocycles. The Kier molecular flexibility index (Phi) is 11.0. The molecule has 0 spiro atoms. The van der Waals surface area contributed by atoms with Gasteiger partial charge >= 0.3 is 0 Å². The molecule has 1 aromatic heterocycles. The van der Waals surface area contributed by atoms with E-state index in [1.807, 2.05) is 18.4 Å². The number of carbonyl (C=O) groups is 6. The first-order chi connectivity index (χ1) is 23.4. The molecule has 3 heterocycles. The smallest absolute Gasteiger partial charge is 0.248 e. The molecule has 15 nitrogen and oxygen atoms in total. The third kappa shape index (κ3) is 8.63. The number of nitrogens with one attached hydrogen (secondary N) is 5. The van der Waals surface area contributed by atoms with Gasteiger partial charge in [0.2, 0.25) is 35.4 Å². The first kappa shape index (κ1) is 35.5. The molecule has 2 aliphatic heterocycles. The number of amides is 6. The lowest BCUT2D eigenvalue weighted by Gasteiger charge is -2.30. The number of aliphatic hydroxyl groups is 1. The zero-order valence-electron chi connectivity index (χ0n) is 28.1. The Bertz CT molecular complexity index is 1530. The van der Waals surface area contributed by atoms with Gasteiger partial charge in [0.15, 0.2) is 0 Å². The number of rotatable bonds is 8. The molecule has 1 saturated carbocycles. The zero-order valence-corrected chi connectivity index (χ0v) is 28.1. The maximum Gasteiger partial charge on any atom is 0.248 e. The van der Waals surface area contributed by atoms with Gasteiger partial charge in [-0.2, -0.15) is 0 Å². The minimum atomic E-state index is -1.43. The van der Waals surface area contributed by atoms with Gasteiger partial charge in [-0.25, -0.2) is 4.98 Å². The number of fused-ring (bicyclic) bond motifs is 1. The maximum absolute atomic E-state index is 13.9. The van der Waals surface area contributed by atoms with Crippen molar-refractivity contribution in [2.75, 3.05) is 13.2 Å². The van der Waals surface area contributed by atoms with Crippen LogP contribution in [0.3, 0.4) is 0 Å². The van der Waals surface area contributed by atoms with Crippen molar-refractivity contribution in [3.8, 4) is 0 Å². The van der Waals surface area contributed by atoms with E-state index in [0.717, 1.165) is 0 Å². The fourth-order valence-electron chi connectivity index (χ4n) is 6.52. The van der Waals surface area contributed by atoms with Gasteiger partial charge in [-0.05, 0) is 44.1 Å². The number of hydrogen-bond donors (Lipinski definition) is 6. The Labute approximate surface area is 285 Å². The molecule has 3 aliphatic rings. The number of hydrogen-bond acceptors (Lipinski definition) is 8. The summed E-state index contributed by atoms with van der Waals surface area (Å²) in [5.41, 5.74) is 0.0325. The number of aliphatic hydroxyl groups excluding tert-OH is 1. The number of imidazole rings is 1. The molecule has 264 valence electrons. The van der Waals surface area contributed by atoms with Crippen molar-refractivity contribution in [2.45, 2.75) is 95.7 Å². The summed E-state index contributed by atoms with van der Waals surface area (Å²) in [4.78, 5) is 86.7. The summed E-state index contributed by atoms with van der Waals surface area (Å²) in [6, 6.07) is 2.89. The van der Waals surface area contributed by atoms with E-state index in [1.165, 1.54) is 11.8 Å². The molecule has 5 rings (SSSR count). The van der Waals surface area contributed by atoms with Gasteiger partial charge in [0.05, 0.1) is 30.8 Å². The molecule has 15 heteroatoms. The van der Waals surface area contributed by atoms with Crippen LogP contribution in [0.1, 0.15) is 64.5 Å². The van der Waals surface area contributed by atoms with Crippen LogP contribution in [0.25, 0.3) is 0 Å². The molecule has 6 atom stereocenters. The van der Waals surface area contributed by atoms with Crippen LogP contribution in [0.2, 0.25) is 0 Å². The van der Waals surface area contributed by atoms with Gasteiger partial charge in [-0.1, -0.05) is 44.2 Å². The van der Waals surface area contributed by atoms with Crippen molar-refractivity contribution in [3.05, 3.63) is 54.6 Å². The van der Waals surface area contributed by atoms with Crippen molar-refractivity contribution in [1.29, 1.82) is 0 Å². The summed E-state index contributed by atoms with van der Waals surface area (Å²) in [5.74, 6) is -3.31. The highest BCUT2D eigenvalue weighted by Gasteiger charge is 2.52. The van der Waals surface area contributed by atoms with Crippen molar-refractivity contribution in [1.82, 2.24) is 41.0 Å². The molecule has 49 heavy (non-hydrogen) atoms. The third-order valence-corrected chi connectivity index (χ3v) is 9.42. The SMILES string of the molecule is CC(C)C[C@@H]1NC(=O)C[C@@H](c2ccccc2)NC(=O)[C@H](C)NC(=O)[C@@H]2C[C@H](NC(=O)C3(Cn4ccnc4)CC3)CN2C(=O)[C@H](CO)NC1=O. The van der Waals surface area contributed by atoms with Crippen LogP contribution in [-0.4, -0.2) is 98.4 Å². The zero-order chi connectivity index (χ0) is 35.3. The molecule has 1 aliphatic carbocycles. The highest BCUT2D eigenvalue weighted by molar-refractivity contribution is 5.96. The lowest BCUT2D eigenvalue weighted by Crippen LogP contribution is -2.59. The van der Waals surface area contributed by atoms with Crippen LogP contribution in [0.4, 0.5) is 0 Å². The topological polar surface area (TPSA) is 204 Å². The predicted octanol–water partition coefficient (Wildman–Crippen LogP) is -0.477. The van der Waals surface area contributed by atoms with Gasteiger partial charge in [-0.15, -0.1) is 0 Å². The van der Waals surface area contributed by atoms with Gasteiger partial charge in [0, 0.05) is 31.5 Å². The van der Waals surface area contributed by atoms with Crippen molar-refractivity contribution in [3.63, 3.8) is 0 Å². The Morgan fingerprint density at radius 3 is 2.37 bits per heavy atom. The van der Waals surface area contributed by atoms with E-state index in [1.54, 1.807) is 49.1 Å². The van der Waals surface area contributed by atoms with Gasteiger partial charge < -0.3 is 41.2 Å². The molecule has 0 radical (unpaired) electrons. The van der Waals surface area contributed by atoms with Crippen molar-refractivity contribution in [2.24, 2.45) is 11.3 Å². The quantitative estimate of drug-likeness (QED) is 0.215. The van der Waals surface area contributed by atoms with Gasteiger partial charge in [0.1, 0.15) is 24.2 Å². The first-order valence-corrected chi connectivity index (χ1v) is 16.8. The second-order valence-electron chi connectivity index (χ2n) is 13.8. The van der Waals surface area contributed by atoms with Gasteiger partial charge in [0.25, 0.3) is 0 Å². The van der Waals surface area contributed by atoms with Crippen molar-refractivity contribution >= 4 is 35.4 Å². The van der Waals surface area contributed by atoms with E-state index in [2.05, 4.69) is 31.6 Å². The van der Waals surface area contributed by atoms with Crippen LogP contribution in [-0.2, 0) is 35.3 Å². The number of nitrogens with zero attached hydrogens (tertiary/aromatic N) is 3. The van der Waals surface area contributed by atoms with Gasteiger partial charge in [-0.3, -0.25) is 28.8 Å². The third-order valence-electron chi connectivity index (χ3n) is 9.42. The van der Waals surface area contributed by atoms with E-state index in [4.69, 9.17) is 0 Å². The number of aromatic nitrogens is 2. The summed E-state index contributed by atoms with van der Waals surface area (Å²) < 4.78 is 1.84. The molecule has 2 aromatic rings. The average molecular weight is 679 g/mol. The number of carbonyl (C=O) groups excluding carboxylic acids is 6. The molecule has 1 aromatic carbocycles. The van der Waals surface area contributed by atoms with E-state index in [-0.39, 0.29) is 37.6 Å². The van der Waals surface area contributed by atoms with E-state index in [9.17, 15) is 33.9 Å². The summed E-state index contributed by atoms with van der Waals surface area (Å²) in [5, 5.41) is 24.2. The lowest BCUT2D eigenvalue weighted by atomic mass is 10.00. The fourth-order valence-corrected chi connectivity index (χ4v) is 6.52. The average Bonchev–Trinajstić information content (AvgIpc) is 3.44. The second kappa shape index (κ2) is 15.2. The van der Waals surface area contributed by atoms with Crippen LogP contribution in [0, 0.1) is 11.3 Å². The molecular formula is C34H46N8O7. The van der Waals surface area contributed by atoms with Crippen molar-refractivity contribution < 1.29 is 33.9 Å². The minimum Gasteiger partial charge on any atom is -0.394 e. The summed E-state index contributed by atoms with van der Waals surface area (Å²) in [6.45, 7) is 4.88. The largest absolute Gasteiger partial charge is 0.394 e. The Morgan fingerprint density at radius 2 is 1.73 bits per heavy atom. The normalized spacial score (nSPS) is 27.9. The fraction of sp³-hybridized carbons (Fsp3) is 0.559. The highest BCUT2D eigenvalue weighted by Crippen LogP contribution is 2.47. The number of benzene rings is 1. The first-order valence-electron chi connectivity index (χ1n) is 16.8.